The van der Waals surface area contributed by atoms with E-state index in [1.54, 1.807) is 39.2 Å². The van der Waals surface area contributed by atoms with Gasteiger partial charge in [-0.05, 0) is 32.0 Å². The van der Waals surface area contributed by atoms with Crippen LogP contribution in [0, 0.1) is 13.8 Å². The number of phenols is 2. The van der Waals surface area contributed by atoms with Crippen LogP contribution in [0.5, 0.6) is 17.2 Å². The molecule has 0 atom stereocenters. The Labute approximate surface area is 221 Å². The number of methoxy groups -OCH3 is 1. The highest BCUT2D eigenvalue weighted by Crippen LogP contribution is 2.30. The minimum atomic E-state index is -0.668. The van der Waals surface area contributed by atoms with E-state index in [4.69, 9.17) is 42.1 Å². The molecule has 8 nitrogen and oxygen atoms in total. The quantitative estimate of drug-likeness (QED) is 0.163. The second-order valence-electron chi connectivity index (χ2n) is 7.86. The van der Waals surface area contributed by atoms with Gasteiger partial charge in [0.25, 0.3) is 0 Å². The topological polar surface area (TPSA) is 97.7 Å². The fourth-order valence-corrected chi connectivity index (χ4v) is 3.82. The normalized spacial score (nSPS) is 11.5. The summed E-state index contributed by atoms with van der Waals surface area (Å²) in [6, 6.07) is 4.93. The van der Waals surface area contributed by atoms with Crippen LogP contribution >= 0.6 is 23.2 Å². The molecule has 0 radical (unpaired) electrons. The smallest absolute Gasteiger partial charge is 0.343 e. The van der Waals surface area contributed by atoms with Crippen LogP contribution in [-0.2, 0) is 14.2 Å². The summed E-state index contributed by atoms with van der Waals surface area (Å²) in [6.45, 7) is 9.54. The molecule has 2 aromatic carbocycles. The first kappa shape index (κ1) is 29.6. The molecule has 0 amide bonds. The summed E-state index contributed by atoms with van der Waals surface area (Å²) in [4.78, 5) is 14.8. The Morgan fingerprint density at radius 3 is 2.33 bits per heavy atom. The van der Waals surface area contributed by atoms with Gasteiger partial charge in [-0.2, -0.15) is 0 Å². The zero-order chi connectivity index (χ0) is 26.7. The van der Waals surface area contributed by atoms with Crippen LogP contribution in [0.25, 0.3) is 12.8 Å². The number of aromatic hydroxyl groups is 2. The molecule has 0 unspecified atom stereocenters. The van der Waals surface area contributed by atoms with Crippen molar-refractivity contribution < 1.29 is 34.0 Å². The van der Waals surface area contributed by atoms with E-state index in [-0.39, 0.29) is 28.9 Å². The molecule has 198 valence electrons. The van der Waals surface area contributed by atoms with Crippen LogP contribution in [0.4, 0.5) is 5.69 Å². The molecule has 0 bridgehead atoms. The lowest BCUT2D eigenvalue weighted by Crippen LogP contribution is -2.28. The summed E-state index contributed by atoms with van der Waals surface area (Å²) in [5.74, 6) is 0.364. The van der Waals surface area contributed by atoms with Crippen LogP contribution in [0.3, 0.4) is 0 Å². The first-order chi connectivity index (χ1) is 17.3. The Hall–Kier alpha value is -2.65. The van der Waals surface area contributed by atoms with Crippen molar-refractivity contribution >= 4 is 47.7 Å². The summed E-state index contributed by atoms with van der Waals surface area (Å²) >= 11 is 11.9. The van der Waals surface area contributed by atoms with Crippen LogP contribution in [-0.4, -0.2) is 74.6 Å². The van der Waals surface area contributed by atoms with Crippen molar-refractivity contribution in [2.75, 3.05) is 63.3 Å². The SMILES string of the molecule is C=c1c(C)c(O)c(=COC(=O)c2ccc(N(CCCl)CCCl)c(OCCOCCOC)c2)c(C)c1O. The average Bonchev–Trinajstić information content (AvgIpc) is 2.88. The maximum atomic E-state index is 12.9. The maximum absolute atomic E-state index is 12.9. The molecule has 10 heteroatoms. The lowest BCUT2D eigenvalue weighted by Gasteiger charge is -2.25. The van der Waals surface area contributed by atoms with E-state index in [9.17, 15) is 15.0 Å². The first-order valence-electron chi connectivity index (χ1n) is 11.4. The van der Waals surface area contributed by atoms with E-state index in [1.165, 1.54) is 0 Å². The number of benzene rings is 2. The monoisotopic (exact) mass is 541 g/mol. The number of hydrogen-bond acceptors (Lipinski definition) is 8. The third-order valence-corrected chi connectivity index (χ3v) is 5.89. The molecule has 0 fully saturated rings. The molecule has 0 aliphatic heterocycles. The number of rotatable bonds is 14. The van der Waals surface area contributed by atoms with Gasteiger partial charge in [-0.25, -0.2) is 4.79 Å². The molecule has 0 aromatic heterocycles. The molecule has 2 rings (SSSR count). The van der Waals surface area contributed by atoms with Gasteiger partial charge in [0.15, 0.2) is 0 Å². The summed E-state index contributed by atoms with van der Waals surface area (Å²) in [6.07, 6.45) is 1.12. The highest BCUT2D eigenvalue weighted by molar-refractivity contribution is 6.18. The van der Waals surface area contributed by atoms with E-state index in [0.717, 1.165) is 11.9 Å². The van der Waals surface area contributed by atoms with Crippen molar-refractivity contribution in [2.24, 2.45) is 0 Å². The molecule has 0 saturated carbocycles. The van der Waals surface area contributed by atoms with E-state index in [0.29, 0.717) is 66.8 Å². The number of ether oxygens (including phenoxy) is 4. The van der Waals surface area contributed by atoms with Gasteiger partial charge in [0.1, 0.15) is 30.1 Å². The summed E-state index contributed by atoms with van der Waals surface area (Å²) < 4.78 is 21.7. The zero-order valence-electron chi connectivity index (χ0n) is 20.8. The van der Waals surface area contributed by atoms with Gasteiger partial charge >= 0.3 is 5.97 Å². The number of nitrogens with zero attached hydrogens (tertiary/aromatic N) is 1. The lowest BCUT2D eigenvalue weighted by atomic mass is 10.1. The molecular weight excluding hydrogens is 509 g/mol. The third-order valence-electron chi connectivity index (χ3n) is 5.55. The molecule has 0 aliphatic carbocycles. The maximum Gasteiger partial charge on any atom is 0.343 e. The number of carbonyl (C=O) groups is 1. The van der Waals surface area contributed by atoms with E-state index in [2.05, 4.69) is 6.58 Å². The number of phenolic OH excluding ortho intramolecular Hbond substituents is 2. The fourth-order valence-electron chi connectivity index (χ4n) is 3.41. The Bertz CT molecular complexity index is 1100. The van der Waals surface area contributed by atoms with Gasteiger partial charge in [-0.1, -0.05) is 6.58 Å². The number of alkyl halides is 2. The van der Waals surface area contributed by atoms with Gasteiger partial charge in [0.2, 0.25) is 0 Å². The molecule has 0 heterocycles. The summed E-state index contributed by atoms with van der Waals surface area (Å²) in [5, 5.41) is 21.2. The number of halogens is 2. The van der Waals surface area contributed by atoms with Gasteiger partial charge < -0.3 is 34.1 Å². The Kier molecular flexibility index (Phi) is 12.2. The van der Waals surface area contributed by atoms with Gasteiger partial charge in [-0.3, -0.25) is 0 Å². The van der Waals surface area contributed by atoms with E-state index in [1.807, 2.05) is 4.90 Å². The third kappa shape index (κ3) is 7.67. The van der Waals surface area contributed by atoms with Crippen molar-refractivity contribution in [2.45, 2.75) is 13.8 Å². The lowest BCUT2D eigenvalue weighted by molar-refractivity contribution is 0.0544. The van der Waals surface area contributed by atoms with Crippen molar-refractivity contribution in [3.8, 4) is 17.2 Å². The molecule has 0 saturated heterocycles. The average molecular weight is 542 g/mol. The Morgan fingerprint density at radius 1 is 1.03 bits per heavy atom. The second-order valence-corrected chi connectivity index (χ2v) is 8.62. The summed E-state index contributed by atoms with van der Waals surface area (Å²) in [5.41, 5.74) is 1.70. The zero-order valence-corrected chi connectivity index (χ0v) is 22.3. The van der Waals surface area contributed by atoms with Crippen molar-refractivity contribution in [3.05, 3.63) is 45.3 Å². The second kappa shape index (κ2) is 14.8. The van der Waals surface area contributed by atoms with Crippen molar-refractivity contribution in [1.82, 2.24) is 0 Å². The molecule has 36 heavy (non-hydrogen) atoms. The van der Waals surface area contributed by atoms with E-state index < -0.39 is 5.97 Å². The van der Waals surface area contributed by atoms with Crippen LogP contribution in [0.2, 0.25) is 0 Å². The number of esters is 1. The largest absolute Gasteiger partial charge is 0.507 e. The number of carbonyl (C=O) groups excluding carboxylic acids is 1. The highest BCUT2D eigenvalue weighted by atomic mass is 35.5. The fraction of sp³-hybridized carbons (Fsp3) is 0.423. The Morgan fingerprint density at radius 2 is 1.69 bits per heavy atom. The van der Waals surface area contributed by atoms with Crippen LogP contribution in [0.15, 0.2) is 18.2 Å². The predicted molar refractivity (Wildman–Crippen MR) is 142 cm³/mol. The van der Waals surface area contributed by atoms with Crippen LogP contribution in [0.1, 0.15) is 21.5 Å². The predicted octanol–water partition coefficient (Wildman–Crippen LogP) is 3.05. The molecular formula is C26H33Cl2NO7. The van der Waals surface area contributed by atoms with Crippen LogP contribution < -0.4 is 20.1 Å². The Balaban J connectivity index is 2.32. The van der Waals surface area contributed by atoms with E-state index >= 15 is 0 Å². The highest BCUT2D eigenvalue weighted by Gasteiger charge is 2.17. The van der Waals surface area contributed by atoms with Gasteiger partial charge in [-0.15, -0.1) is 23.2 Å². The molecule has 0 spiro atoms. The first-order valence-corrected chi connectivity index (χ1v) is 12.4. The standard InChI is InChI=1S/C26H33Cl2NO7/c1-17-18(2)25(31)21(19(3)24(17)30)16-36-26(32)20-5-6-22(29(9-7-27)10-8-28)23(15-20)35-14-13-34-12-11-33-4/h5-6,15-16,30-31H,1,7-14H2,2-4H3. The molecule has 2 aromatic rings. The minimum Gasteiger partial charge on any atom is -0.507 e. The number of anilines is 1. The number of hydrogen-bond donors (Lipinski definition) is 2. The van der Waals surface area contributed by atoms with Crippen molar-refractivity contribution in [1.29, 1.82) is 0 Å². The van der Waals surface area contributed by atoms with Gasteiger partial charge in [0, 0.05) is 48.3 Å². The van der Waals surface area contributed by atoms with Crippen molar-refractivity contribution in [3.63, 3.8) is 0 Å². The molecule has 2 N–H and O–H groups in total. The van der Waals surface area contributed by atoms with Gasteiger partial charge in [0.05, 0.1) is 36.3 Å². The minimum absolute atomic E-state index is 0.0703. The molecule has 0 aliphatic rings. The summed E-state index contributed by atoms with van der Waals surface area (Å²) in [7, 11) is 1.60.